The second kappa shape index (κ2) is 40.5. The molecular formula is C35H40N8O23. The van der Waals surface area contributed by atoms with E-state index in [4.69, 9.17) is 15.3 Å². The van der Waals surface area contributed by atoms with Crippen molar-refractivity contribution in [2.24, 2.45) is 45.9 Å². The van der Waals surface area contributed by atoms with Crippen molar-refractivity contribution in [2.75, 3.05) is 13.2 Å². The van der Waals surface area contributed by atoms with Crippen molar-refractivity contribution in [3.05, 3.63) is 97.2 Å². The highest BCUT2D eigenvalue weighted by molar-refractivity contribution is 6.04. The lowest BCUT2D eigenvalue weighted by Gasteiger charge is -1.96. The molecule has 0 heterocycles. The molecule has 0 radical (unpaired) electrons. The maximum absolute atomic E-state index is 10.7. The Morgan fingerprint density at radius 1 is 0.273 bits per heavy atom. The van der Waals surface area contributed by atoms with Gasteiger partial charge in [0, 0.05) is 97.2 Å². The summed E-state index contributed by atoms with van der Waals surface area (Å²) in [6, 6.07) is 0. The molecule has 0 saturated carbocycles. The standard InChI is InChI=1S/4C8H8N2O5.C3H8O3/c4*9-5(11)1-3-7(13)15-8(14)4-2-6(10)12;4-1-3(6)2-5/h4*1-4H,(H2,9,11)(H2,10,12);3-6H,1-2H2/b4*3-1-,4-2-;. The average molecular weight is 941 g/mol. The Hall–Kier alpha value is -9.88. The van der Waals surface area contributed by atoms with Gasteiger partial charge in [0.15, 0.2) is 0 Å². The number of ether oxygens (including phenoxy) is 4. The molecule has 0 aromatic heterocycles. The maximum Gasteiger partial charge on any atom is 0.338 e. The molecule has 0 atom stereocenters. The highest BCUT2D eigenvalue weighted by Gasteiger charge is 2.07. The van der Waals surface area contributed by atoms with E-state index < -0.39 is 101 Å². The first kappa shape index (κ1) is 65.2. The van der Waals surface area contributed by atoms with Crippen LogP contribution in [0.15, 0.2) is 97.2 Å². The summed E-state index contributed by atoms with van der Waals surface area (Å²) in [7, 11) is 0. The third kappa shape index (κ3) is 60.8. The molecule has 0 unspecified atom stereocenters. The lowest BCUT2D eigenvalue weighted by Crippen LogP contribution is -2.15. The Kier molecular flexibility index (Phi) is 40.1. The number of rotatable bonds is 18. The Balaban J connectivity index is -0.000000240. The quantitative estimate of drug-likeness (QED) is 0.0263. The molecule has 358 valence electrons. The number of nitrogens with two attached hydrogens (primary N) is 8. The van der Waals surface area contributed by atoms with E-state index in [-0.39, 0.29) is 13.2 Å². The van der Waals surface area contributed by atoms with Gasteiger partial charge in [0.05, 0.1) is 13.2 Å². The van der Waals surface area contributed by atoms with Crippen molar-refractivity contribution < 1.29 is 111 Å². The summed E-state index contributed by atoms with van der Waals surface area (Å²) < 4.78 is 16.3. The third-order valence-electron chi connectivity index (χ3n) is 4.30. The van der Waals surface area contributed by atoms with Crippen LogP contribution in [0.25, 0.3) is 0 Å². The molecule has 0 rings (SSSR count). The van der Waals surface area contributed by atoms with Crippen molar-refractivity contribution in [1.82, 2.24) is 0 Å². The summed E-state index contributed by atoms with van der Waals surface area (Å²) in [5.74, 6) is -15.4. The number of aliphatic hydroxyl groups excluding tert-OH is 3. The monoisotopic (exact) mass is 940 g/mol. The van der Waals surface area contributed by atoms with E-state index in [1.165, 1.54) is 0 Å². The Labute approximate surface area is 368 Å². The van der Waals surface area contributed by atoms with E-state index in [0.717, 1.165) is 48.6 Å². The predicted octanol–water partition coefficient (Wildman–Crippen LogP) is -9.11. The molecule has 31 nitrogen and oxygen atoms in total. The SMILES string of the molecule is NC(=O)/C=C\C(=O)OC(=O)/C=C\C(N)=O.NC(=O)/C=C\C(=O)OC(=O)/C=C\C(N)=O.NC(=O)/C=C\C(=O)OC(=O)/C=C\C(N)=O.NC(=O)/C=C\C(=O)OC(=O)/C=C\C(N)=O.OCC(O)CO. The first-order valence-electron chi connectivity index (χ1n) is 16.2. The lowest BCUT2D eigenvalue weighted by molar-refractivity contribution is -0.154. The number of esters is 8. The van der Waals surface area contributed by atoms with Gasteiger partial charge in [-0.1, -0.05) is 0 Å². The summed E-state index contributed by atoms with van der Waals surface area (Å²) in [4.78, 5) is 167. The molecule has 0 bridgehead atoms. The van der Waals surface area contributed by atoms with Gasteiger partial charge in [0.2, 0.25) is 47.3 Å². The van der Waals surface area contributed by atoms with Gasteiger partial charge in [-0.15, -0.1) is 0 Å². The molecule has 0 aliphatic heterocycles. The summed E-state index contributed by atoms with van der Waals surface area (Å²) in [6.07, 6.45) is 10.3. The van der Waals surface area contributed by atoms with Crippen molar-refractivity contribution in [3.63, 3.8) is 0 Å². The fourth-order valence-electron chi connectivity index (χ4n) is 1.93. The van der Waals surface area contributed by atoms with E-state index >= 15 is 0 Å². The van der Waals surface area contributed by atoms with Crippen LogP contribution < -0.4 is 45.9 Å². The van der Waals surface area contributed by atoms with E-state index in [0.29, 0.717) is 48.6 Å². The fourth-order valence-corrected chi connectivity index (χ4v) is 1.93. The summed E-state index contributed by atoms with van der Waals surface area (Å²) in [6.45, 7) is -0.729. The van der Waals surface area contributed by atoms with Crippen LogP contribution in [0.2, 0.25) is 0 Å². The molecule has 0 saturated heterocycles. The van der Waals surface area contributed by atoms with Crippen LogP contribution in [0.3, 0.4) is 0 Å². The summed E-state index contributed by atoms with van der Waals surface area (Å²) in [5, 5.41) is 24.0. The second-order valence-electron chi connectivity index (χ2n) is 9.87. The van der Waals surface area contributed by atoms with Gasteiger partial charge < -0.3 is 80.1 Å². The number of carbonyl (C=O) groups is 16. The molecule has 0 aliphatic carbocycles. The highest BCUT2D eigenvalue weighted by Crippen LogP contribution is 1.89. The maximum atomic E-state index is 10.7. The van der Waals surface area contributed by atoms with E-state index in [2.05, 4.69) is 64.8 Å². The highest BCUT2D eigenvalue weighted by atomic mass is 16.6. The van der Waals surface area contributed by atoms with E-state index in [9.17, 15) is 76.7 Å². The van der Waals surface area contributed by atoms with Crippen molar-refractivity contribution in [3.8, 4) is 0 Å². The zero-order valence-electron chi connectivity index (χ0n) is 33.4. The first-order valence-corrected chi connectivity index (χ1v) is 16.2. The van der Waals surface area contributed by atoms with Crippen molar-refractivity contribution >= 4 is 95.0 Å². The fraction of sp³-hybridized carbons (Fsp3) is 0.0857. The van der Waals surface area contributed by atoms with E-state index in [1.807, 2.05) is 0 Å². The Morgan fingerprint density at radius 2 is 0.379 bits per heavy atom. The van der Waals surface area contributed by atoms with Gasteiger partial charge in [-0.05, 0) is 0 Å². The van der Waals surface area contributed by atoms with Crippen LogP contribution in [0, 0.1) is 0 Å². The molecular weight excluding hydrogens is 900 g/mol. The topological polar surface area (TPSA) is 579 Å². The van der Waals surface area contributed by atoms with Gasteiger partial charge in [-0.3, -0.25) is 38.4 Å². The van der Waals surface area contributed by atoms with Gasteiger partial charge in [0.1, 0.15) is 6.10 Å². The van der Waals surface area contributed by atoms with Crippen molar-refractivity contribution in [2.45, 2.75) is 6.10 Å². The number of hydrogen-bond donors (Lipinski definition) is 11. The van der Waals surface area contributed by atoms with Gasteiger partial charge >= 0.3 is 47.8 Å². The number of carbonyl (C=O) groups excluding carboxylic acids is 16. The summed E-state index contributed by atoms with van der Waals surface area (Å²) >= 11 is 0. The van der Waals surface area contributed by atoms with Crippen LogP contribution in [0.4, 0.5) is 0 Å². The molecule has 0 aromatic rings. The minimum absolute atomic E-state index is 0.365. The van der Waals surface area contributed by atoms with E-state index in [1.54, 1.807) is 0 Å². The molecule has 0 aliphatic rings. The normalized spacial score (nSPS) is 10.4. The number of aliphatic hydroxyl groups is 3. The molecule has 31 heteroatoms. The lowest BCUT2D eigenvalue weighted by atomic mass is 10.4. The summed E-state index contributed by atoms with van der Waals surface area (Å²) in [5.41, 5.74) is 37.4. The first-order chi connectivity index (χ1) is 30.5. The Bertz CT molecular complexity index is 1660. The molecule has 66 heavy (non-hydrogen) atoms. The zero-order chi connectivity index (χ0) is 52.4. The van der Waals surface area contributed by atoms with Gasteiger partial charge in [0.25, 0.3) is 0 Å². The smallest absolute Gasteiger partial charge is 0.338 e. The van der Waals surface area contributed by atoms with Crippen LogP contribution in [-0.4, -0.2) is 130 Å². The average Bonchev–Trinajstić information content (AvgIpc) is 3.21. The number of primary amides is 8. The molecule has 8 amide bonds. The third-order valence-corrected chi connectivity index (χ3v) is 4.30. The molecule has 0 fully saturated rings. The second-order valence-corrected chi connectivity index (χ2v) is 9.87. The minimum atomic E-state index is -1.08. The van der Waals surface area contributed by atoms with Gasteiger partial charge in [-0.2, -0.15) is 0 Å². The minimum Gasteiger partial charge on any atom is -0.394 e. The van der Waals surface area contributed by atoms with Crippen LogP contribution >= 0.6 is 0 Å². The molecule has 19 N–H and O–H groups in total. The van der Waals surface area contributed by atoms with Crippen molar-refractivity contribution in [1.29, 1.82) is 0 Å². The van der Waals surface area contributed by atoms with Crippen LogP contribution in [0.5, 0.6) is 0 Å². The van der Waals surface area contributed by atoms with Crippen LogP contribution in [-0.2, 0) is 95.7 Å². The zero-order valence-corrected chi connectivity index (χ0v) is 33.4. The molecule has 0 aromatic carbocycles. The number of hydrogen-bond acceptors (Lipinski definition) is 23. The predicted molar refractivity (Wildman–Crippen MR) is 211 cm³/mol. The van der Waals surface area contributed by atoms with Gasteiger partial charge in [-0.25, -0.2) is 38.4 Å². The largest absolute Gasteiger partial charge is 0.394 e. The Morgan fingerprint density at radius 3 is 0.439 bits per heavy atom. The van der Waals surface area contributed by atoms with Crippen LogP contribution in [0.1, 0.15) is 0 Å². The molecule has 0 spiro atoms. The number of amides is 8.